The van der Waals surface area contributed by atoms with E-state index < -0.39 is 0 Å². The van der Waals surface area contributed by atoms with Crippen molar-refractivity contribution in [2.24, 2.45) is 5.73 Å². The van der Waals surface area contributed by atoms with E-state index in [1.165, 1.54) is 0 Å². The molecule has 1 atom stereocenters. The summed E-state index contributed by atoms with van der Waals surface area (Å²) in [4.78, 5) is 4.10. The number of aromatic nitrogens is 2. The van der Waals surface area contributed by atoms with Gasteiger partial charge in [-0.2, -0.15) is 4.98 Å². The van der Waals surface area contributed by atoms with Crippen LogP contribution < -0.4 is 5.73 Å². The van der Waals surface area contributed by atoms with Gasteiger partial charge in [-0.3, -0.25) is 0 Å². The Morgan fingerprint density at radius 1 is 1.62 bits per heavy atom. The molecule has 0 bridgehead atoms. The molecule has 0 aliphatic rings. The summed E-state index contributed by atoms with van der Waals surface area (Å²) < 4.78 is 10.1. The number of rotatable bonds is 5. The fourth-order valence-electron chi connectivity index (χ4n) is 0.862. The van der Waals surface area contributed by atoms with Gasteiger partial charge in [0, 0.05) is 13.0 Å². The Hall–Kier alpha value is -0.940. The molecule has 0 spiro atoms. The molecule has 0 aliphatic heterocycles. The average Bonchev–Trinajstić information content (AvgIpc) is 2.53. The SMILES string of the molecule is CCOCCc1noc([C@H](C)N)n1. The molecule has 1 rings (SSSR count). The minimum absolute atomic E-state index is 0.201. The van der Waals surface area contributed by atoms with Gasteiger partial charge in [-0.15, -0.1) is 0 Å². The first-order valence-corrected chi connectivity index (χ1v) is 4.39. The topological polar surface area (TPSA) is 74.2 Å². The highest BCUT2D eigenvalue weighted by Gasteiger charge is 2.09. The Bertz CT molecular complexity index is 247. The minimum Gasteiger partial charge on any atom is -0.381 e. The van der Waals surface area contributed by atoms with Crippen molar-refractivity contribution in [1.29, 1.82) is 0 Å². The van der Waals surface area contributed by atoms with Gasteiger partial charge in [-0.25, -0.2) is 0 Å². The maximum Gasteiger partial charge on any atom is 0.243 e. The smallest absolute Gasteiger partial charge is 0.243 e. The van der Waals surface area contributed by atoms with Gasteiger partial charge in [0.1, 0.15) is 0 Å². The maximum atomic E-state index is 5.55. The zero-order valence-corrected chi connectivity index (χ0v) is 7.99. The molecule has 0 saturated heterocycles. The minimum atomic E-state index is -0.201. The van der Waals surface area contributed by atoms with E-state index in [1.807, 2.05) is 6.92 Å². The first-order valence-electron chi connectivity index (χ1n) is 4.39. The molecule has 5 heteroatoms. The lowest BCUT2D eigenvalue weighted by atomic mass is 10.3. The Labute approximate surface area is 77.3 Å². The summed E-state index contributed by atoms with van der Waals surface area (Å²) in [6.45, 7) is 5.08. The zero-order chi connectivity index (χ0) is 9.68. The summed E-state index contributed by atoms with van der Waals surface area (Å²) in [6, 6.07) is -0.201. The Morgan fingerprint density at radius 2 is 2.38 bits per heavy atom. The van der Waals surface area contributed by atoms with Gasteiger partial charge in [0.2, 0.25) is 5.89 Å². The molecule has 0 aliphatic carbocycles. The predicted octanol–water partition coefficient (Wildman–Crippen LogP) is 0.668. The number of hydrogen-bond acceptors (Lipinski definition) is 5. The Morgan fingerprint density at radius 3 is 2.92 bits per heavy atom. The molecule has 5 nitrogen and oxygen atoms in total. The van der Waals surface area contributed by atoms with E-state index in [4.69, 9.17) is 15.0 Å². The molecule has 0 radical (unpaired) electrons. The summed E-state index contributed by atoms with van der Waals surface area (Å²) in [6.07, 6.45) is 0.671. The number of hydrogen-bond donors (Lipinski definition) is 1. The second-order valence-corrected chi connectivity index (χ2v) is 2.78. The van der Waals surface area contributed by atoms with Crippen LogP contribution in [0.1, 0.15) is 31.6 Å². The monoisotopic (exact) mass is 185 g/mol. The van der Waals surface area contributed by atoms with E-state index in [0.717, 1.165) is 0 Å². The average molecular weight is 185 g/mol. The lowest BCUT2D eigenvalue weighted by Crippen LogP contribution is -2.05. The highest BCUT2D eigenvalue weighted by atomic mass is 16.5. The van der Waals surface area contributed by atoms with Crippen molar-refractivity contribution in [2.75, 3.05) is 13.2 Å². The summed E-state index contributed by atoms with van der Waals surface area (Å²) in [5.74, 6) is 1.13. The summed E-state index contributed by atoms with van der Waals surface area (Å²) in [5, 5.41) is 3.76. The molecule has 0 aromatic carbocycles. The second kappa shape index (κ2) is 4.94. The largest absolute Gasteiger partial charge is 0.381 e. The van der Waals surface area contributed by atoms with Crippen molar-refractivity contribution in [3.05, 3.63) is 11.7 Å². The molecule has 0 saturated carbocycles. The van der Waals surface area contributed by atoms with Crippen LogP contribution in [-0.4, -0.2) is 23.4 Å². The molecule has 13 heavy (non-hydrogen) atoms. The summed E-state index contributed by atoms with van der Waals surface area (Å²) in [7, 11) is 0. The van der Waals surface area contributed by atoms with E-state index in [2.05, 4.69) is 10.1 Å². The molecule has 0 unspecified atom stereocenters. The van der Waals surface area contributed by atoms with E-state index in [9.17, 15) is 0 Å². The van der Waals surface area contributed by atoms with E-state index in [0.29, 0.717) is 31.3 Å². The third-order valence-electron chi connectivity index (χ3n) is 1.55. The second-order valence-electron chi connectivity index (χ2n) is 2.78. The third kappa shape index (κ3) is 3.12. The van der Waals surface area contributed by atoms with Crippen LogP contribution in [0, 0.1) is 0 Å². The van der Waals surface area contributed by atoms with Gasteiger partial charge in [0.05, 0.1) is 12.6 Å². The van der Waals surface area contributed by atoms with Crippen LogP contribution in [0.4, 0.5) is 0 Å². The zero-order valence-electron chi connectivity index (χ0n) is 7.99. The van der Waals surface area contributed by atoms with Crippen LogP contribution in [0.2, 0.25) is 0 Å². The van der Waals surface area contributed by atoms with Gasteiger partial charge in [0.25, 0.3) is 0 Å². The van der Waals surface area contributed by atoms with Crippen molar-refractivity contribution >= 4 is 0 Å². The first kappa shape index (κ1) is 10.1. The van der Waals surface area contributed by atoms with E-state index >= 15 is 0 Å². The molecular formula is C8H15N3O2. The standard InChI is InChI=1S/C8H15N3O2/c1-3-12-5-4-7-10-8(6(2)9)13-11-7/h6H,3-5,9H2,1-2H3/t6-/m0/s1. The molecular weight excluding hydrogens is 170 g/mol. The lowest BCUT2D eigenvalue weighted by Gasteiger charge is -1.95. The van der Waals surface area contributed by atoms with Gasteiger partial charge >= 0.3 is 0 Å². The van der Waals surface area contributed by atoms with Crippen molar-refractivity contribution < 1.29 is 9.26 Å². The molecule has 1 aromatic heterocycles. The lowest BCUT2D eigenvalue weighted by molar-refractivity contribution is 0.149. The molecule has 0 amide bonds. The first-order chi connectivity index (χ1) is 6.24. The third-order valence-corrected chi connectivity index (χ3v) is 1.55. The van der Waals surface area contributed by atoms with Gasteiger partial charge in [-0.05, 0) is 13.8 Å². The Balaban J connectivity index is 2.40. The van der Waals surface area contributed by atoms with Gasteiger partial charge in [-0.1, -0.05) is 5.16 Å². The van der Waals surface area contributed by atoms with Crippen molar-refractivity contribution in [2.45, 2.75) is 26.3 Å². The molecule has 2 N–H and O–H groups in total. The van der Waals surface area contributed by atoms with Crippen molar-refractivity contribution in [3.63, 3.8) is 0 Å². The molecule has 1 aromatic rings. The Kier molecular flexibility index (Phi) is 3.85. The summed E-state index contributed by atoms with van der Waals surface area (Å²) >= 11 is 0. The van der Waals surface area contributed by atoms with Gasteiger partial charge < -0.3 is 15.0 Å². The maximum absolute atomic E-state index is 5.55. The molecule has 0 fully saturated rings. The number of ether oxygens (including phenoxy) is 1. The van der Waals surface area contributed by atoms with Crippen molar-refractivity contribution in [3.8, 4) is 0 Å². The van der Waals surface area contributed by atoms with Crippen LogP contribution in [0.15, 0.2) is 4.52 Å². The highest BCUT2D eigenvalue weighted by molar-refractivity contribution is 4.90. The quantitative estimate of drug-likeness (QED) is 0.682. The van der Waals surface area contributed by atoms with E-state index in [1.54, 1.807) is 6.92 Å². The van der Waals surface area contributed by atoms with Gasteiger partial charge in [0.15, 0.2) is 5.82 Å². The fourth-order valence-corrected chi connectivity index (χ4v) is 0.862. The van der Waals surface area contributed by atoms with Crippen LogP contribution in [0.25, 0.3) is 0 Å². The molecule has 1 heterocycles. The van der Waals surface area contributed by atoms with E-state index in [-0.39, 0.29) is 6.04 Å². The van der Waals surface area contributed by atoms with Crippen molar-refractivity contribution in [1.82, 2.24) is 10.1 Å². The summed E-state index contributed by atoms with van der Waals surface area (Å²) in [5.41, 5.74) is 5.55. The van der Waals surface area contributed by atoms with Crippen LogP contribution >= 0.6 is 0 Å². The predicted molar refractivity (Wildman–Crippen MR) is 47.1 cm³/mol. The highest BCUT2D eigenvalue weighted by Crippen LogP contribution is 2.05. The number of nitrogens with two attached hydrogens (primary N) is 1. The fraction of sp³-hybridized carbons (Fsp3) is 0.750. The molecule has 74 valence electrons. The number of nitrogens with zero attached hydrogens (tertiary/aromatic N) is 2. The normalized spacial score (nSPS) is 13.2. The van der Waals surface area contributed by atoms with Crippen LogP contribution in [0.5, 0.6) is 0 Å². The van der Waals surface area contributed by atoms with Crippen LogP contribution in [-0.2, 0) is 11.2 Å². The van der Waals surface area contributed by atoms with Crippen LogP contribution in [0.3, 0.4) is 0 Å².